The number of pyridine rings is 1. The minimum absolute atomic E-state index is 0.448. The standard InChI is InChI=1S/C15H21N3S3/c16-14(19)12-7-10-3-1-2-4-13(10)18-15(12)17-8-11-9-20-5-6-21-11/h7,11H,1-6,8-9H2,(H2,16,19)(H,17,18). The predicted molar refractivity (Wildman–Crippen MR) is 98.8 cm³/mol. The molecule has 2 heterocycles. The number of thioether (sulfide) groups is 2. The minimum Gasteiger partial charge on any atom is -0.389 e. The number of aryl methyl sites for hydroxylation is 2. The van der Waals surface area contributed by atoms with E-state index in [4.69, 9.17) is 22.9 Å². The van der Waals surface area contributed by atoms with Crippen LogP contribution in [-0.2, 0) is 12.8 Å². The maximum Gasteiger partial charge on any atom is 0.136 e. The SMILES string of the molecule is NC(=S)c1cc2c(nc1NCC1CSCCS1)CCCC2. The highest BCUT2D eigenvalue weighted by Gasteiger charge is 2.18. The Labute approximate surface area is 140 Å². The number of nitrogens with zero attached hydrogens (tertiary/aromatic N) is 1. The Balaban J connectivity index is 1.77. The third kappa shape index (κ3) is 3.85. The van der Waals surface area contributed by atoms with Gasteiger partial charge in [-0.15, -0.1) is 0 Å². The summed E-state index contributed by atoms with van der Waals surface area (Å²) in [6, 6.07) is 2.16. The molecule has 3 nitrogen and oxygen atoms in total. The zero-order chi connectivity index (χ0) is 14.7. The van der Waals surface area contributed by atoms with Gasteiger partial charge >= 0.3 is 0 Å². The van der Waals surface area contributed by atoms with E-state index in [0.29, 0.717) is 10.2 Å². The van der Waals surface area contributed by atoms with Gasteiger partial charge in [-0.05, 0) is 37.3 Å². The summed E-state index contributed by atoms with van der Waals surface area (Å²) in [7, 11) is 0. The summed E-state index contributed by atoms with van der Waals surface area (Å²) >= 11 is 9.30. The van der Waals surface area contributed by atoms with Gasteiger partial charge in [0.2, 0.25) is 0 Å². The van der Waals surface area contributed by atoms with Gasteiger partial charge in [-0.3, -0.25) is 0 Å². The molecule has 114 valence electrons. The Hall–Kier alpha value is -0.460. The van der Waals surface area contributed by atoms with Crippen LogP contribution in [0.5, 0.6) is 0 Å². The van der Waals surface area contributed by atoms with Crippen LogP contribution >= 0.6 is 35.7 Å². The average Bonchev–Trinajstić information content (AvgIpc) is 2.53. The largest absolute Gasteiger partial charge is 0.389 e. The maximum atomic E-state index is 5.90. The third-order valence-electron chi connectivity index (χ3n) is 3.95. The van der Waals surface area contributed by atoms with Crippen LogP contribution in [0.1, 0.15) is 29.7 Å². The molecular formula is C15H21N3S3. The van der Waals surface area contributed by atoms with E-state index in [0.717, 1.165) is 30.8 Å². The Morgan fingerprint density at radius 1 is 1.38 bits per heavy atom. The molecule has 2 aliphatic rings. The smallest absolute Gasteiger partial charge is 0.136 e. The summed E-state index contributed by atoms with van der Waals surface area (Å²) in [5, 5.41) is 4.16. The number of thiocarbonyl (C=S) groups is 1. The van der Waals surface area contributed by atoms with E-state index in [-0.39, 0.29) is 0 Å². The fourth-order valence-corrected chi connectivity index (χ4v) is 5.59. The fourth-order valence-electron chi connectivity index (χ4n) is 2.82. The second-order valence-electron chi connectivity index (χ2n) is 5.51. The molecule has 1 aromatic heterocycles. The molecule has 1 saturated heterocycles. The van der Waals surface area contributed by atoms with Crippen molar-refractivity contribution in [3.8, 4) is 0 Å². The third-order valence-corrected chi connectivity index (χ3v) is 7.01. The Morgan fingerprint density at radius 3 is 3.00 bits per heavy atom. The minimum atomic E-state index is 0.448. The first-order valence-electron chi connectivity index (χ1n) is 7.50. The highest BCUT2D eigenvalue weighted by molar-refractivity contribution is 8.06. The van der Waals surface area contributed by atoms with E-state index in [1.807, 2.05) is 11.8 Å². The van der Waals surface area contributed by atoms with Crippen molar-refractivity contribution < 1.29 is 0 Å². The van der Waals surface area contributed by atoms with Crippen LogP contribution in [0.25, 0.3) is 0 Å². The van der Waals surface area contributed by atoms with Crippen molar-refractivity contribution in [1.29, 1.82) is 0 Å². The van der Waals surface area contributed by atoms with E-state index in [9.17, 15) is 0 Å². The lowest BCUT2D eigenvalue weighted by atomic mass is 9.94. The number of hydrogen-bond acceptors (Lipinski definition) is 5. The van der Waals surface area contributed by atoms with Crippen LogP contribution in [-0.4, -0.2) is 39.0 Å². The molecule has 1 unspecified atom stereocenters. The second kappa shape index (κ2) is 7.20. The quantitative estimate of drug-likeness (QED) is 0.823. The molecule has 0 radical (unpaired) electrons. The summed E-state index contributed by atoms with van der Waals surface area (Å²) in [5.41, 5.74) is 9.38. The van der Waals surface area contributed by atoms with Crippen molar-refractivity contribution in [2.45, 2.75) is 30.9 Å². The molecule has 0 bridgehead atoms. The summed E-state index contributed by atoms with van der Waals surface area (Å²) in [6.07, 6.45) is 4.66. The molecular weight excluding hydrogens is 318 g/mol. The van der Waals surface area contributed by atoms with Crippen LogP contribution in [0, 0.1) is 0 Å². The molecule has 1 atom stereocenters. The summed E-state index contributed by atoms with van der Waals surface area (Å²) < 4.78 is 0. The lowest BCUT2D eigenvalue weighted by molar-refractivity contribution is 0.668. The first-order valence-corrected chi connectivity index (χ1v) is 10.1. The number of aromatic nitrogens is 1. The van der Waals surface area contributed by atoms with Crippen molar-refractivity contribution in [2.24, 2.45) is 5.73 Å². The van der Waals surface area contributed by atoms with E-state index in [1.165, 1.54) is 41.4 Å². The molecule has 0 amide bonds. The van der Waals surface area contributed by atoms with Crippen LogP contribution in [0.15, 0.2) is 6.07 Å². The van der Waals surface area contributed by atoms with Crippen LogP contribution < -0.4 is 11.1 Å². The van der Waals surface area contributed by atoms with Gasteiger partial charge in [0.25, 0.3) is 0 Å². The van der Waals surface area contributed by atoms with Gasteiger partial charge in [0, 0.05) is 34.7 Å². The van der Waals surface area contributed by atoms with E-state index >= 15 is 0 Å². The van der Waals surface area contributed by atoms with Gasteiger partial charge in [-0.2, -0.15) is 23.5 Å². The van der Waals surface area contributed by atoms with Gasteiger partial charge in [0.05, 0.1) is 5.56 Å². The molecule has 21 heavy (non-hydrogen) atoms. The lowest BCUT2D eigenvalue weighted by Gasteiger charge is -2.23. The number of anilines is 1. The predicted octanol–water partition coefficient (Wildman–Crippen LogP) is 2.86. The summed E-state index contributed by atoms with van der Waals surface area (Å²) in [4.78, 5) is 5.27. The van der Waals surface area contributed by atoms with Gasteiger partial charge in [-0.1, -0.05) is 12.2 Å². The molecule has 1 aliphatic carbocycles. The zero-order valence-electron chi connectivity index (χ0n) is 12.1. The second-order valence-corrected chi connectivity index (χ2v) is 8.51. The van der Waals surface area contributed by atoms with Crippen LogP contribution in [0.3, 0.4) is 0 Å². The number of nitrogens with two attached hydrogens (primary N) is 1. The Bertz CT molecular complexity index is 527. The maximum absolute atomic E-state index is 5.90. The molecule has 1 fully saturated rings. The van der Waals surface area contributed by atoms with Gasteiger partial charge in [0.15, 0.2) is 0 Å². The average molecular weight is 340 g/mol. The van der Waals surface area contributed by atoms with Crippen LogP contribution in [0.2, 0.25) is 0 Å². The number of nitrogens with one attached hydrogen (secondary N) is 1. The Morgan fingerprint density at radius 2 is 2.24 bits per heavy atom. The van der Waals surface area contributed by atoms with Crippen molar-refractivity contribution >= 4 is 46.5 Å². The van der Waals surface area contributed by atoms with Crippen LogP contribution in [0.4, 0.5) is 5.82 Å². The molecule has 3 rings (SSSR count). The monoisotopic (exact) mass is 339 g/mol. The zero-order valence-corrected chi connectivity index (χ0v) is 14.5. The van der Waals surface area contributed by atoms with E-state index in [2.05, 4.69) is 23.1 Å². The van der Waals surface area contributed by atoms with Crippen molar-refractivity contribution in [3.63, 3.8) is 0 Å². The van der Waals surface area contributed by atoms with Crippen molar-refractivity contribution in [1.82, 2.24) is 4.98 Å². The molecule has 0 spiro atoms. The van der Waals surface area contributed by atoms with Gasteiger partial charge in [-0.25, -0.2) is 4.98 Å². The van der Waals surface area contributed by atoms with Crippen molar-refractivity contribution in [2.75, 3.05) is 29.1 Å². The molecule has 0 aromatic carbocycles. The summed E-state index contributed by atoms with van der Waals surface area (Å²) in [5.74, 6) is 4.62. The van der Waals surface area contributed by atoms with E-state index < -0.39 is 0 Å². The highest BCUT2D eigenvalue weighted by Crippen LogP contribution is 2.27. The van der Waals surface area contributed by atoms with Crippen molar-refractivity contribution in [3.05, 3.63) is 22.9 Å². The fraction of sp³-hybridized carbons (Fsp3) is 0.600. The van der Waals surface area contributed by atoms with Gasteiger partial charge in [0.1, 0.15) is 10.8 Å². The molecule has 1 aromatic rings. The topological polar surface area (TPSA) is 50.9 Å². The number of fused-ring (bicyclic) bond motifs is 1. The molecule has 1 aliphatic heterocycles. The molecule has 3 N–H and O–H groups in total. The highest BCUT2D eigenvalue weighted by atomic mass is 32.2. The Kier molecular flexibility index (Phi) is 5.29. The first kappa shape index (κ1) is 15.4. The number of rotatable bonds is 4. The summed E-state index contributed by atoms with van der Waals surface area (Å²) in [6.45, 7) is 0.944. The lowest BCUT2D eigenvalue weighted by Crippen LogP contribution is -2.25. The molecule has 6 heteroatoms. The van der Waals surface area contributed by atoms with E-state index in [1.54, 1.807) is 0 Å². The van der Waals surface area contributed by atoms with Gasteiger partial charge < -0.3 is 11.1 Å². The number of hydrogen-bond donors (Lipinski definition) is 2. The first-order chi connectivity index (χ1) is 10.2. The molecule has 0 saturated carbocycles. The normalized spacial score (nSPS) is 21.6.